The Morgan fingerprint density at radius 1 is 1.06 bits per heavy atom. The topological polar surface area (TPSA) is 56.1 Å². The molecule has 0 bridgehead atoms. The molecule has 2 aromatic carbocycles. The van der Waals surface area contributed by atoms with E-state index < -0.39 is 6.61 Å². The number of hydrogen-bond acceptors (Lipinski definition) is 4. The maximum absolute atomic E-state index is 12.8. The lowest BCUT2D eigenvalue weighted by molar-refractivity contribution is -0.0498. The first-order valence-electron chi connectivity index (χ1n) is 9.92. The number of amides is 1. The molecule has 2 heterocycles. The smallest absolute Gasteiger partial charge is 0.387 e. The van der Waals surface area contributed by atoms with Crippen LogP contribution in [-0.2, 0) is 13.2 Å². The van der Waals surface area contributed by atoms with Crippen molar-refractivity contribution in [2.24, 2.45) is 0 Å². The van der Waals surface area contributed by atoms with E-state index in [0.717, 1.165) is 16.9 Å². The van der Waals surface area contributed by atoms with Crippen LogP contribution in [0, 0.1) is 0 Å². The third-order valence-electron chi connectivity index (χ3n) is 4.80. The molecule has 0 unspecified atom stereocenters. The number of hydrogen-bond donors (Lipinski definition) is 0. The Balaban J connectivity index is 1.37. The molecule has 0 aliphatic rings. The number of fused-ring (bicyclic) bond motifs is 1. The molecule has 0 radical (unpaired) electrons. The van der Waals surface area contributed by atoms with E-state index in [2.05, 4.69) is 9.72 Å². The molecule has 164 valence electrons. The van der Waals surface area contributed by atoms with Crippen LogP contribution in [0.1, 0.15) is 21.6 Å². The number of imidazole rings is 1. The Bertz CT molecular complexity index is 1180. The molecule has 0 atom stereocenters. The van der Waals surface area contributed by atoms with E-state index in [1.807, 2.05) is 35.0 Å². The molecule has 8 heteroatoms. The Hall–Kier alpha value is -3.94. The average molecular weight is 437 g/mol. The zero-order valence-corrected chi connectivity index (χ0v) is 17.3. The van der Waals surface area contributed by atoms with Crippen LogP contribution in [0.2, 0.25) is 0 Å². The second-order valence-corrected chi connectivity index (χ2v) is 7.20. The van der Waals surface area contributed by atoms with Crippen LogP contribution in [0.5, 0.6) is 11.5 Å². The Labute approximate surface area is 183 Å². The standard InChI is InChI=1S/C24H21F2N3O3/c1-28(14-17-8-10-20(11-9-17)32-24(25)26)23(30)18-5-4-6-21(13-18)31-16-19-15-29-12-3-2-7-22(29)27-19/h2-13,15,24H,14,16H2,1H3. The molecule has 0 aliphatic heterocycles. The summed E-state index contributed by atoms with van der Waals surface area (Å²) in [6.07, 6.45) is 3.82. The van der Waals surface area contributed by atoms with E-state index in [9.17, 15) is 13.6 Å². The lowest BCUT2D eigenvalue weighted by Gasteiger charge is -2.18. The van der Waals surface area contributed by atoms with Gasteiger partial charge in [-0.3, -0.25) is 4.79 Å². The number of rotatable bonds is 8. The van der Waals surface area contributed by atoms with Crippen molar-refractivity contribution >= 4 is 11.6 Å². The van der Waals surface area contributed by atoms with Crippen molar-refractivity contribution in [2.45, 2.75) is 19.8 Å². The molecule has 0 N–H and O–H groups in total. The predicted molar refractivity (Wildman–Crippen MR) is 115 cm³/mol. The summed E-state index contributed by atoms with van der Waals surface area (Å²) in [4.78, 5) is 18.9. The van der Waals surface area contributed by atoms with Crippen molar-refractivity contribution in [3.63, 3.8) is 0 Å². The molecule has 0 fully saturated rings. The van der Waals surface area contributed by atoms with Crippen LogP contribution in [0.25, 0.3) is 5.65 Å². The average Bonchev–Trinajstić information content (AvgIpc) is 3.21. The lowest BCUT2D eigenvalue weighted by Crippen LogP contribution is -2.26. The Morgan fingerprint density at radius 2 is 1.88 bits per heavy atom. The second-order valence-electron chi connectivity index (χ2n) is 7.20. The van der Waals surface area contributed by atoms with Crippen molar-refractivity contribution in [3.8, 4) is 11.5 Å². The highest BCUT2D eigenvalue weighted by atomic mass is 19.3. The van der Waals surface area contributed by atoms with E-state index in [4.69, 9.17) is 4.74 Å². The number of alkyl halides is 2. The SMILES string of the molecule is CN(Cc1ccc(OC(F)F)cc1)C(=O)c1cccc(OCc2cn3ccccc3n2)c1. The van der Waals surface area contributed by atoms with Gasteiger partial charge >= 0.3 is 6.61 Å². The minimum absolute atomic E-state index is 0.0770. The van der Waals surface area contributed by atoms with Gasteiger partial charge in [0.05, 0.1) is 5.69 Å². The van der Waals surface area contributed by atoms with E-state index in [-0.39, 0.29) is 18.3 Å². The maximum Gasteiger partial charge on any atom is 0.387 e. The fourth-order valence-electron chi connectivity index (χ4n) is 3.28. The van der Waals surface area contributed by atoms with Crippen LogP contribution in [-0.4, -0.2) is 33.9 Å². The molecule has 0 aliphatic carbocycles. The van der Waals surface area contributed by atoms with E-state index in [1.165, 1.54) is 12.1 Å². The van der Waals surface area contributed by atoms with Gasteiger partial charge in [0, 0.05) is 31.5 Å². The Morgan fingerprint density at radius 3 is 2.62 bits per heavy atom. The minimum atomic E-state index is -2.87. The van der Waals surface area contributed by atoms with Gasteiger partial charge in [0.15, 0.2) is 0 Å². The molecular weight excluding hydrogens is 416 g/mol. The normalized spacial score (nSPS) is 11.0. The molecule has 32 heavy (non-hydrogen) atoms. The first-order chi connectivity index (χ1) is 15.5. The summed E-state index contributed by atoms with van der Waals surface area (Å²) >= 11 is 0. The third-order valence-corrected chi connectivity index (χ3v) is 4.80. The first kappa shape index (κ1) is 21.3. The summed E-state index contributed by atoms with van der Waals surface area (Å²) in [5.41, 5.74) is 2.90. The molecule has 2 aromatic heterocycles. The quantitative estimate of drug-likeness (QED) is 0.398. The zero-order chi connectivity index (χ0) is 22.5. The van der Waals surface area contributed by atoms with Gasteiger partial charge in [0.2, 0.25) is 0 Å². The third kappa shape index (κ3) is 5.21. The number of carbonyl (C=O) groups is 1. The summed E-state index contributed by atoms with van der Waals surface area (Å²) in [6, 6.07) is 18.9. The molecule has 4 rings (SSSR count). The minimum Gasteiger partial charge on any atom is -0.487 e. The van der Waals surface area contributed by atoms with Crippen molar-refractivity contribution in [2.75, 3.05) is 7.05 Å². The highest BCUT2D eigenvalue weighted by Gasteiger charge is 2.14. The number of benzene rings is 2. The summed E-state index contributed by atoms with van der Waals surface area (Å²) in [5, 5.41) is 0. The molecule has 0 saturated heterocycles. The van der Waals surface area contributed by atoms with Gasteiger partial charge in [0.25, 0.3) is 5.91 Å². The van der Waals surface area contributed by atoms with Gasteiger partial charge < -0.3 is 18.8 Å². The highest BCUT2D eigenvalue weighted by Crippen LogP contribution is 2.19. The number of aromatic nitrogens is 2. The van der Waals surface area contributed by atoms with Gasteiger partial charge in [-0.25, -0.2) is 4.98 Å². The summed E-state index contributed by atoms with van der Waals surface area (Å²) in [6.45, 7) is -2.27. The van der Waals surface area contributed by atoms with Gasteiger partial charge in [-0.2, -0.15) is 8.78 Å². The van der Waals surface area contributed by atoms with Gasteiger partial charge in [-0.15, -0.1) is 0 Å². The van der Waals surface area contributed by atoms with Crippen LogP contribution < -0.4 is 9.47 Å². The number of ether oxygens (including phenoxy) is 2. The van der Waals surface area contributed by atoms with Gasteiger partial charge in [0.1, 0.15) is 23.8 Å². The molecule has 0 saturated carbocycles. The predicted octanol–water partition coefficient (Wildman–Crippen LogP) is 4.79. The van der Waals surface area contributed by atoms with Crippen molar-refractivity contribution < 1.29 is 23.0 Å². The monoisotopic (exact) mass is 437 g/mol. The molecule has 1 amide bonds. The lowest BCUT2D eigenvalue weighted by atomic mass is 10.1. The number of nitrogens with zero attached hydrogens (tertiary/aromatic N) is 3. The zero-order valence-electron chi connectivity index (χ0n) is 17.3. The number of halogens is 2. The van der Waals surface area contributed by atoms with Crippen molar-refractivity contribution in [1.82, 2.24) is 14.3 Å². The first-order valence-corrected chi connectivity index (χ1v) is 9.92. The second kappa shape index (κ2) is 9.47. The van der Waals surface area contributed by atoms with Crippen LogP contribution >= 0.6 is 0 Å². The fourth-order valence-corrected chi connectivity index (χ4v) is 3.28. The van der Waals surface area contributed by atoms with Crippen molar-refractivity contribution in [1.29, 1.82) is 0 Å². The van der Waals surface area contributed by atoms with Crippen molar-refractivity contribution in [3.05, 3.63) is 95.9 Å². The van der Waals surface area contributed by atoms with Crippen LogP contribution in [0.3, 0.4) is 0 Å². The summed E-state index contributed by atoms with van der Waals surface area (Å²) < 4.78 is 36.6. The molecule has 4 aromatic rings. The molecular formula is C24H21F2N3O3. The summed E-state index contributed by atoms with van der Waals surface area (Å²) in [7, 11) is 1.68. The highest BCUT2D eigenvalue weighted by molar-refractivity contribution is 5.94. The summed E-state index contributed by atoms with van der Waals surface area (Å²) in [5.74, 6) is 0.457. The van der Waals surface area contributed by atoms with E-state index in [0.29, 0.717) is 17.9 Å². The largest absolute Gasteiger partial charge is 0.487 e. The number of pyridine rings is 1. The van der Waals surface area contributed by atoms with Gasteiger partial charge in [-0.1, -0.05) is 24.3 Å². The van der Waals surface area contributed by atoms with Crippen LogP contribution in [0.4, 0.5) is 8.78 Å². The molecule has 0 spiro atoms. The number of carbonyl (C=O) groups excluding carboxylic acids is 1. The van der Waals surface area contributed by atoms with Crippen LogP contribution in [0.15, 0.2) is 79.1 Å². The van der Waals surface area contributed by atoms with E-state index in [1.54, 1.807) is 48.3 Å². The Kier molecular flexibility index (Phi) is 6.30. The fraction of sp³-hybridized carbons (Fsp3) is 0.167. The maximum atomic E-state index is 12.8. The molecule has 6 nitrogen and oxygen atoms in total. The van der Waals surface area contributed by atoms with E-state index >= 15 is 0 Å². The van der Waals surface area contributed by atoms with Gasteiger partial charge in [-0.05, 0) is 48.0 Å².